The minimum Gasteiger partial charge on any atom is -0.472 e. The first-order chi connectivity index (χ1) is 9.16. The molecule has 1 aromatic carbocycles. The van der Waals surface area contributed by atoms with Gasteiger partial charge in [-0.15, -0.1) is 0 Å². The summed E-state index contributed by atoms with van der Waals surface area (Å²) in [6.45, 7) is 4.18. The standard InChI is InChI=1S/C15H15N3O/c1-9-3-4-11(7-10(9)2)13-14(17-18-15(13)16)12-5-6-19-8-12/h3-8H,1-2H3,(H3,16,17,18). The zero-order chi connectivity index (χ0) is 13.4. The van der Waals surface area contributed by atoms with E-state index in [0.717, 1.165) is 22.4 Å². The highest BCUT2D eigenvalue weighted by Crippen LogP contribution is 2.35. The molecule has 0 radical (unpaired) electrons. The number of benzene rings is 1. The van der Waals surface area contributed by atoms with Crippen molar-refractivity contribution in [3.8, 4) is 22.4 Å². The number of anilines is 1. The monoisotopic (exact) mass is 253 g/mol. The molecular weight excluding hydrogens is 238 g/mol. The van der Waals surface area contributed by atoms with Crippen LogP contribution in [0.2, 0.25) is 0 Å². The van der Waals surface area contributed by atoms with E-state index in [1.54, 1.807) is 12.5 Å². The van der Waals surface area contributed by atoms with Crippen LogP contribution in [0.4, 0.5) is 5.82 Å². The lowest BCUT2D eigenvalue weighted by atomic mass is 9.98. The summed E-state index contributed by atoms with van der Waals surface area (Å²) in [5, 5.41) is 7.09. The van der Waals surface area contributed by atoms with Gasteiger partial charge >= 0.3 is 0 Å². The summed E-state index contributed by atoms with van der Waals surface area (Å²) >= 11 is 0. The molecule has 0 aliphatic carbocycles. The Morgan fingerprint density at radius 3 is 2.63 bits per heavy atom. The molecule has 0 saturated heterocycles. The van der Waals surface area contributed by atoms with Crippen molar-refractivity contribution in [2.24, 2.45) is 0 Å². The van der Waals surface area contributed by atoms with Crippen molar-refractivity contribution < 1.29 is 4.42 Å². The van der Waals surface area contributed by atoms with E-state index in [9.17, 15) is 0 Å². The summed E-state index contributed by atoms with van der Waals surface area (Å²) < 4.78 is 5.12. The molecule has 4 nitrogen and oxygen atoms in total. The van der Waals surface area contributed by atoms with Crippen molar-refractivity contribution >= 4 is 5.82 Å². The van der Waals surface area contributed by atoms with Gasteiger partial charge in [-0.3, -0.25) is 5.10 Å². The average molecular weight is 253 g/mol. The van der Waals surface area contributed by atoms with Crippen LogP contribution in [-0.4, -0.2) is 10.2 Å². The van der Waals surface area contributed by atoms with Gasteiger partial charge in [-0.2, -0.15) is 5.10 Å². The fourth-order valence-electron chi connectivity index (χ4n) is 2.16. The van der Waals surface area contributed by atoms with Crippen LogP contribution in [0.15, 0.2) is 41.2 Å². The third-order valence-electron chi connectivity index (χ3n) is 3.40. The van der Waals surface area contributed by atoms with Crippen molar-refractivity contribution in [2.45, 2.75) is 13.8 Å². The average Bonchev–Trinajstić information content (AvgIpc) is 3.01. The summed E-state index contributed by atoms with van der Waals surface area (Å²) in [6, 6.07) is 8.17. The number of nitrogen functional groups attached to an aromatic ring is 1. The summed E-state index contributed by atoms with van der Waals surface area (Å²) in [7, 11) is 0. The van der Waals surface area contributed by atoms with E-state index in [2.05, 4.69) is 42.2 Å². The maximum absolute atomic E-state index is 5.99. The molecule has 4 heteroatoms. The third-order valence-corrected chi connectivity index (χ3v) is 3.40. The number of furan rings is 1. The third kappa shape index (κ3) is 1.91. The number of aromatic nitrogens is 2. The van der Waals surface area contributed by atoms with Crippen LogP contribution < -0.4 is 5.73 Å². The topological polar surface area (TPSA) is 67.8 Å². The zero-order valence-electron chi connectivity index (χ0n) is 10.9. The molecule has 0 amide bonds. The molecule has 2 heterocycles. The van der Waals surface area contributed by atoms with Gasteiger partial charge in [-0.05, 0) is 36.6 Å². The fourth-order valence-corrected chi connectivity index (χ4v) is 2.16. The van der Waals surface area contributed by atoms with Gasteiger partial charge in [0.1, 0.15) is 0 Å². The molecule has 3 N–H and O–H groups in total. The molecule has 0 saturated carbocycles. The molecule has 2 aromatic heterocycles. The Hall–Kier alpha value is -2.49. The molecule has 0 fully saturated rings. The smallest absolute Gasteiger partial charge is 0.153 e. The Kier molecular flexibility index (Phi) is 2.63. The number of aryl methyl sites for hydroxylation is 2. The van der Waals surface area contributed by atoms with Gasteiger partial charge in [0.15, 0.2) is 5.82 Å². The first kappa shape index (κ1) is 11.6. The summed E-state index contributed by atoms with van der Waals surface area (Å²) in [5.74, 6) is 0.499. The normalized spacial score (nSPS) is 10.8. The minimum atomic E-state index is 0.499. The van der Waals surface area contributed by atoms with Crippen molar-refractivity contribution in [3.63, 3.8) is 0 Å². The molecule has 0 aliphatic heterocycles. The Morgan fingerprint density at radius 2 is 1.95 bits per heavy atom. The van der Waals surface area contributed by atoms with Crippen molar-refractivity contribution in [1.29, 1.82) is 0 Å². The van der Waals surface area contributed by atoms with E-state index in [1.165, 1.54) is 11.1 Å². The van der Waals surface area contributed by atoms with E-state index in [0.29, 0.717) is 5.82 Å². The summed E-state index contributed by atoms with van der Waals surface area (Å²) in [6.07, 6.45) is 3.31. The number of nitrogens with zero attached hydrogens (tertiary/aromatic N) is 1. The Labute approximate surface area is 111 Å². The lowest BCUT2D eigenvalue weighted by molar-refractivity contribution is 0.568. The van der Waals surface area contributed by atoms with E-state index in [4.69, 9.17) is 10.2 Å². The maximum atomic E-state index is 5.99. The molecule has 0 atom stereocenters. The van der Waals surface area contributed by atoms with Gasteiger partial charge < -0.3 is 10.2 Å². The Morgan fingerprint density at radius 1 is 1.11 bits per heavy atom. The number of H-pyrrole nitrogens is 1. The molecule has 96 valence electrons. The predicted octanol–water partition coefficient (Wildman–Crippen LogP) is 3.54. The molecule has 19 heavy (non-hydrogen) atoms. The van der Waals surface area contributed by atoms with E-state index >= 15 is 0 Å². The van der Waals surface area contributed by atoms with Crippen molar-refractivity contribution in [2.75, 3.05) is 5.73 Å². The first-order valence-electron chi connectivity index (χ1n) is 6.11. The quantitative estimate of drug-likeness (QED) is 0.734. The van der Waals surface area contributed by atoms with Gasteiger partial charge in [0.25, 0.3) is 0 Å². The Balaban J connectivity index is 2.19. The molecule has 0 unspecified atom stereocenters. The molecule has 0 aliphatic rings. The number of aromatic amines is 1. The van der Waals surface area contributed by atoms with Crippen molar-refractivity contribution in [1.82, 2.24) is 10.2 Å². The van der Waals surface area contributed by atoms with Crippen LogP contribution in [-0.2, 0) is 0 Å². The lowest BCUT2D eigenvalue weighted by Crippen LogP contribution is -1.90. The fraction of sp³-hybridized carbons (Fsp3) is 0.133. The second kappa shape index (κ2) is 4.31. The van der Waals surface area contributed by atoms with E-state index in [1.807, 2.05) is 6.07 Å². The number of nitrogens with one attached hydrogen (secondary N) is 1. The highest BCUT2D eigenvalue weighted by atomic mass is 16.3. The second-order valence-electron chi connectivity index (χ2n) is 4.67. The second-order valence-corrected chi connectivity index (χ2v) is 4.67. The molecule has 0 spiro atoms. The van der Waals surface area contributed by atoms with E-state index < -0.39 is 0 Å². The van der Waals surface area contributed by atoms with Crippen LogP contribution in [0.3, 0.4) is 0 Å². The Bertz CT molecular complexity index is 711. The first-order valence-corrected chi connectivity index (χ1v) is 6.11. The number of nitrogens with two attached hydrogens (primary N) is 1. The maximum Gasteiger partial charge on any atom is 0.153 e. The highest BCUT2D eigenvalue weighted by Gasteiger charge is 2.15. The van der Waals surface area contributed by atoms with Gasteiger partial charge in [0.2, 0.25) is 0 Å². The largest absolute Gasteiger partial charge is 0.472 e. The SMILES string of the molecule is Cc1ccc(-c2c(N)n[nH]c2-c2ccoc2)cc1C. The zero-order valence-corrected chi connectivity index (χ0v) is 10.9. The number of rotatable bonds is 2. The molecular formula is C15H15N3O. The molecule has 3 aromatic rings. The van der Waals surface area contributed by atoms with Crippen LogP contribution in [0.1, 0.15) is 11.1 Å². The summed E-state index contributed by atoms with van der Waals surface area (Å²) in [4.78, 5) is 0. The van der Waals surface area contributed by atoms with Gasteiger partial charge in [0.05, 0.1) is 23.8 Å². The van der Waals surface area contributed by atoms with Crippen molar-refractivity contribution in [3.05, 3.63) is 47.9 Å². The van der Waals surface area contributed by atoms with Crippen LogP contribution in [0.25, 0.3) is 22.4 Å². The molecule has 0 bridgehead atoms. The number of hydrogen-bond donors (Lipinski definition) is 2. The summed E-state index contributed by atoms with van der Waals surface area (Å²) in [5.41, 5.74) is 12.3. The minimum absolute atomic E-state index is 0.499. The van der Waals surface area contributed by atoms with E-state index in [-0.39, 0.29) is 0 Å². The predicted molar refractivity (Wildman–Crippen MR) is 75.6 cm³/mol. The van der Waals surface area contributed by atoms with Gasteiger partial charge in [-0.1, -0.05) is 18.2 Å². The molecule has 3 rings (SSSR count). The lowest BCUT2D eigenvalue weighted by Gasteiger charge is -2.06. The van der Waals surface area contributed by atoms with Gasteiger partial charge in [0, 0.05) is 5.56 Å². The highest BCUT2D eigenvalue weighted by molar-refractivity contribution is 5.87. The van der Waals surface area contributed by atoms with Crippen LogP contribution in [0.5, 0.6) is 0 Å². The number of hydrogen-bond acceptors (Lipinski definition) is 3. The van der Waals surface area contributed by atoms with Crippen LogP contribution in [0, 0.1) is 13.8 Å². The van der Waals surface area contributed by atoms with Crippen LogP contribution >= 0.6 is 0 Å². The van der Waals surface area contributed by atoms with Gasteiger partial charge in [-0.25, -0.2) is 0 Å².